The monoisotopic (exact) mass is 764 g/mol. The van der Waals surface area contributed by atoms with Gasteiger partial charge in [-0.3, -0.25) is 29.2 Å². The Morgan fingerprint density at radius 1 is 1.12 bits per heavy atom. The molecule has 0 spiro atoms. The Hall–Kier alpha value is -5.27. The number of cyclic esters (lactones) is 1. The average Bonchev–Trinajstić information content (AvgIpc) is 3.69. The number of hydrazine groups is 1. The molecule has 13 heteroatoms. The van der Waals surface area contributed by atoms with Crippen LogP contribution in [0.2, 0.25) is 0 Å². The van der Waals surface area contributed by atoms with Gasteiger partial charge in [-0.1, -0.05) is 26.0 Å². The number of aromatic nitrogens is 2. The number of phenols is 1. The molecule has 7 rings (SSSR count). The van der Waals surface area contributed by atoms with Crippen molar-refractivity contribution in [3.05, 3.63) is 71.5 Å². The fraction of sp³-hybridized carbons (Fsp3) is 0.465. The first-order chi connectivity index (χ1) is 26.8. The van der Waals surface area contributed by atoms with Crippen molar-refractivity contribution >= 4 is 34.6 Å². The molecule has 3 aliphatic rings. The number of aromatic hydroxyl groups is 1. The molecule has 0 radical (unpaired) electrons. The lowest BCUT2D eigenvalue weighted by Gasteiger charge is -2.36. The van der Waals surface area contributed by atoms with Gasteiger partial charge >= 0.3 is 5.97 Å². The summed E-state index contributed by atoms with van der Waals surface area (Å²) in [7, 11) is 1.67. The smallest absolute Gasteiger partial charge is 0.324 e. The summed E-state index contributed by atoms with van der Waals surface area (Å²) in [5.74, 6) is -2.15. The predicted molar refractivity (Wildman–Crippen MR) is 211 cm³/mol. The van der Waals surface area contributed by atoms with E-state index in [0.717, 1.165) is 44.5 Å². The number of nitrogens with zero attached hydrogens (tertiary/aromatic N) is 3. The SMILES string of the molecule is CCn1c(-c2cccnc2[C@H](C)OC)c2c3cc(ccc31)-c1cc(O)cc(c1)C[C@H](NC(=O)[C@H]1CC(=O)N[C@@H]1C)C(=O)N1CCC[C@H](N1)C(=O)OCC(C)(C)C2. The molecule has 0 aliphatic carbocycles. The number of methoxy groups -OCH3 is 1. The van der Waals surface area contributed by atoms with Crippen molar-refractivity contribution < 1.29 is 33.8 Å². The minimum absolute atomic E-state index is 0.0179. The molecule has 3 amide bonds. The number of esters is 1. The second kappa shape index (κ2) is 15.7. The molecule has 56 heavy (non-hydrogen) atoms. The van der Waals surface area contributed by atoms with Crippen molar-refractivity contribution in [2.75, 3.05) is 20.3 Å². The Balaban J connectivity index is 1.38. The summed E-state index contributed by atoms with van der Waals surface area (Å²) in [6, 6.07) is 13.3. The molecule has 5 heterocycles. The second-order valence-electron chi connectivity index (χ2n) is 16.2. The molecular weight excluding hydrogens is 713 g/mol. The van der Waals surface area contributed by atoms with Gasteiger partial charge in [-0.2, -0.15) is 0 Å². The first-order valence-electron chi connectivity index (χ1n) is 19.6. The summed E-state index contributed by atoms with van der Waals surface area (Å²) in [4.78, 5) is 58.5. The van der Waals surface area contributed by atoms with E-state index in [4.69, 9.17) is 14.5 Å². The van der Waals surface area contributed by atoms with Crippen LogP contribution in [0.5, 0.6) is 5.75 Å². The van der Waals surface area contributed by atoms with E-state index in [-0.39, 0.29) is 37.2 Å². The van der Waals surface area contributed by atoms with Crippen LogP contribution in [0.25, 0.3) is 33.3 Å². The molecule has 13 nitrogen and oxygen atoms in total. The van der Waals surface area contributed by atoms with Gasteiger partial charge in [0, 0.05) is 67.2 Å². The number of ether oxygens (including phenoxy) is 2. The Labute approximate surface area is 327 Å². The number of aryl methyl sites for hydroxylation is 1. The van der Waals surface area contributed by atoms with Crippen LogP contribution in [0.15, 0.2) is 54.7 Å². The third-order valence-electron chi connectivity index (χ3n) is 11.4. The van der Waals surface area contributed by atoms with Crippen molar-refractivity contribution in [1.29, 1.82) is 0 Å². The molecule has 2 aromatic carbocycles. The molecule has 5 atom stereocenters. The number of fused-ring (bicyclic) bond motifs is 6. The average molecular weight is 765 g/mol. The maximum Gasteiger partial charge on any atom is 0.324 e. The molecule has 6 bridgehead atoms. The lowest BCUT2D eigenvalue weighted by atomic mass is 9.84. The minimum Gasteiger partial charge on any atom is -0.508 e. The van der Waals surface area contributed by atoms with E-state index in [2.05, 4.69) is 59.6 Å². The van der Waals surface area contributed by atoms with Crippen molar-refractivity contribution in [3.63, 3.8) is 0 Å². The number of phenolic OH excluding ortho intramolecular Hbond substituents is 1. The Morgan fingerprint density at radius 2 is 1.93 bits per heavy atom. The van der Waals surface area contributed by atoms with Crippen LogP contribution in [0.1, 0.15) is 76.8 Å². The van der Waals surface area contributed by atoms with Crippen LogP contribution in [0.4, 0.5) is 0 Å². The summed E-state index contributed by atoms with van der Waals surface area (Å²) >= 11 is 0. The van der Waals surface area contributed by atoms with Crippen LogP contribution in [0.3, 0.4) is 0 Å². The molecule has 4 aromatic rings. The zero-order chi connectivity index (χ0) is 39.9. The van der Waals surface area contributed by atoms with Crippen molar-refractivity contribution in [1.82, 2.24) is 30.6 Å². The number of pyridine rings is 1. The highest BCUT2D eigenvalue weighted by Gasteiger charge is 2.39. The van der Waals surface area contributed by atoms with E-state index in [1.54, 1.807) is 32.4 Å². The number of rotatable bonds is 6. The quantitative estimate of drug-likeness (QED) is 0.199. The second-order valence-corrected chi connectivity index (χ2v) is 16.2. The van der Waals surface area contributed by atoms with E-state index in [9.17, 15) is 24.3 Å². The van der Waals surface area contributed by atoms with Crippen LogP contribution >= 0.6 is 0 Å². The number of nitrogens with one attached hydrogen (secondary N) is 3. The maximum absolute atomic E-state index is 14.3. The van der Waals surface area contributed by atoms with Crippen LogP contribution in [-0.4, -0.2) is 81.7 Å². The molecule has 2 saturated heterocycles. The van der Waals surface area contributed by atoms with E-state index >= 15 is 0 Å². The van der Waals surface area contributed by atoms with E-state index in [1.165, 1.54) is 5.01 Å². The van der Waals surface area contributed by atoms with Gasteiger partial charge in [0.2, 0.25) is 11.8 Å². The van der Waals surface area contributed by atoms with Crippen LogP contribution < -0.4 is 16.1 Å². The third-order valence-corrected chi connectivity index (χ3v) is 11.4. The number of hydrogen-bond donors (Lipinski definition) is 4. The fourth-order valence-electron chi connectivity index (χ4n) is 8.45. The summed E-state index contributed by atoms with van der Waals surface area (Å²) in [5.41, 5.74) is 9.71. The van der Waals surface area contributed by atoms with Crippen LogP contribution in [-0.2, 0) is 48.0 Å². The van der Waals surface area contributed by atoms with Gasteiger partial charge < -0.3 is 29.8 Å². The fourth-order valence-corrected chi connectivity index (χ4v) is 8.45. The predicted octanol–water partition coefficient (Wildman–Crippen LogP) is 4.98. The summed E-state index contributed by atoms with van der Waals surface area (Å²) in [6.07, 6.45) is 3.18. The van der Waals surface area contributed by atoms with Gasteiger partial charge in [0.05, 0.1) is 30.0 Å². The van der Waals surface area contributed by atoms with Gasteiger partial charge in [0.1, 0.15) is 17.8 Å². The molecule has 3 aliphatic heterocycles. The lowest BCUT2D eigenvalue weighted by Crippen LogP contribution is -2.61. The number of amides is 3. The number of carbonyl (C=O) groups is 4. The van der Waals surface area contributed by atoms with Gasteiger partial charge in [-0.25, -0.2) is 5.43 Å². The Morgan fingerprint density at radius 3 is 2.66 bits per heavy atom. The largest absolute Gasteiger partial charge is 0.508 e. The minimum atomic E-state index is -1.06. The zero-order valence-electron chi connectivity index (χ0n) is 33.0. The number of carbonyl (C=O) groups excluding carboxylic acids is 4. The van der Waals surface area contributed by atoms with Crippen molar-refractivity contribution in [2.45, 2.75) is 97.5 Å². The van der Waals surface area contributed by atoms with Gasteiger partial charge in [-0.05, 0) is 98.7 Å². The summed E-state index contributed by atoms with van der Waals surface area (Å²) in [6.45, 7) is 11.2. The first-order valence-corrected chi connectivity index (χ1v) is 19.6. The Bertz CT molecular complexity index is 2180. The highest BCUT2D eigenvalue weighted by atomic mass is 16.5. The first kappa shape index (κ1) is 39.0. The zero-order valence-corrected chi connectivity index (χ0v) is 33.0. The van der Waals surface area contributed by atoms with E-state index in [1.807, 2.05) is 25.1 Å². The molecule has 0 saturated carbocycles. The third kappa shape index (κ3) is 7.74. The molecule has 2 fully saturated rings. The van der Waals surface area contributed by atoms with Gasteiger partial charge in [-0.15, -0.1) is 0 Å². The summed E-state index contributed by atoms with van der Waals surface area (Å²) in [5, 5.41) is 19.2. The maximum atomic E-state index is 14.3. The Kier molecular flexibility index (Phi) is 10.9. The highest BCUT2D eigenvalue weighted by Crippen LogP contribution is 2.42. The van der Waals surface area contributed by atoms with Crippen molar-refractivity contribution in [2.24, 2.45) is 11.3 Å². The number of hydrogen-bond acceptors (Lipinski definition) is 9. The molecule has 4 N–H and O–H groups in total. The van der Waals surface area contributed by atoms with E-state index < -0.39 is 47.2 Å². The van der Waals surface area contributed by atoms with Crippen molar-refractivity contribution in [3.8, 4) is 28.1 Å². The topological polar surface area (TPSA) is 164 Å². The van der Waals surface area contributed by atoms with Gasteiger partial charge in [0.25, 0.3) is 5.91 Å². The standard InChI is InChI=1S/C43H52N6O7/c1-7-48-36-13-12-27-20-32(36)33(39(48)30-10-8-14-44-38(30)25(3)55-6)22-43(4,5)23-56-42(54)34-11-9-15-49(47-34)41(53)35(18-26-16-28(27)19-29(50)17-26)46-40(52)31-21-37(51)45-24(31)2/h8,10,12-14,16-17,19-20,24-25,31,34-35,47,50H,7,9,11,15,18,21-23H2,1-6H3,(H,45,51)(H,46,52)/t24-,25+,31+,34+,35+/m1/s1. The lowest BCUT2D eigenvalue weighted by molar-refractivity contribution is -0.155. The molecule has 2 aromatic heterocycles. The molecule has 0 unspecified atom stereocenters. The highest BCUT2D eigenvalue weighted by molar-refractivity contribution is 5.96. The summed E-state index contributed by atoms with van der Waals surface area (Å²) < 4.78 is 14.1. The van der Waals surface area contributed by atoms with Crippen LogP contribution in [0, 0.1) is 11.3 Å². The molecular formula is C43H52N6O7. The number of benzene rings is 2. The van der Waals surface area contributed by atoms with E-state index in [0.29, 0.717) is 37.9 Å². The normalized spacial score (nSPS) is 23.3. The molecule has 296 valence electrons. The van der Waals surface area contributed by atoms with Gasteiger partial charge in [0.15, 0.2) is 0 Å².